The van der Waals surface area contributed by atoms with Crippen LogP contribution < -0.4 is 10.6 Å². The number of rotatable bonds is 7. The van der Waals surface area contributed by atoms with Gasteiger partial charge in [0.25, 0.3) is 0 Å². The maximum Gasteiger partial charge on any atom is 0.407 e. The van der Waals surface area contributed by atoms with Gasteiger partial charge in [0.05, 0.1) is 12.1 Å². The summed E-state index contributed by atoms with van der Waals surface area (Å²) >= 11 is 0. The highest BCUT2D eigenvalue weighted by Gasteiger charge is 2.26. The molecule has 0 spiro atoms. The van der Waals surface area contributed by atoms with E-state index < -0.39 is 23.8 Å². The first-order valence-electron chi connectivity index (χ1n) is 8.23. The highest BCUT2D eigenvalue weighted by Crippen LogP contribution is 2.14. The van der Waals surface area contributed by atoms with E-state index in [0.29, 0.717) is 6.42 Å². The van der Waals surface area contributed by atoms with Crippen LogP contribution in [0.1, 0.15) is 32.8 Å². The molecule has 1 aromatic carbocycles. The lowest BCUT2D eigenvalue weighted by Gasteiger charge is -2.27. The Morgan fingerprint density at radius 3 is 2.36 bits per heavy atom. The van der Waals surface area contributed by atoms with Gasteiger partial charge in [-0.3, -0.25) is 4.79 Å². The fourth-order valence-corrected chi connectivity index (χ4v) is 2.27. The zero-order chi connectivity index (χ0) is 19.0. The number of amides is 2. The molecule has 0 fully saturated rings. The summed E-state index contributed by atoms with van der Waals surface area (Å²) < 4.78 is 5.27. The number of alkyl carbamates (subject to hydrolysis) is 1. The summed E-state index contributed by atoms with van der Waals surface area (Å²) in [5, 5.41) is 15.7. The topological polar surface area (TPSA) is 87.7 Å². The van der Waals surface area contributed by atoms with Gasteiger partial charge in [-0.25, -0.2) is 4.79 Å². The van der Waals surface area contributed by atoms with E-state index in [9.17, 15) is 14.7 Å². The molecule has 2 atom stereocenters. The van der Waals surface area contributed by atoms with Gasteiger partial charge in [0.2, 0.25) is 5.91 Å². The molecule has 1 rings (SSSR count). The molecule has 0 aliphatic rings. The first-order valence-corrected chi connectivity index (χ1v) is 8.23. The molecule has 6 heteroatoms. The Morgan fingerprint density at radius 1 is 1.24 bits per heavy atom. The molecule has 0 aliphatic heterocycles. The third-order valence-electron chi connectivity index (χ3n) is 3.47. The fourth-order valence-electron chi connectivity index (χ4n) is 2.27. The first kappa shape index (κ1) is 20.7. The van der Waals surface area contributed by atoms with Crippen LogP contribution >= 0.6 is 0 Å². The van der Waals surface area contributed by atoms with Crippen molar-refractivity contribution in [1.82, 2.24) is 10.6 Å². The van der Waals surface area contributed by atoms with Gasteiger partial charge in [0.1, 0.15) is 5.60 Å². The molecule has 0 aromatic heterocycles. The summed E-state index contributed by atoms with van der Waals surface area (Å²) in [6.45, 7) is 8.98. The van der Waals surface area contributed by atoms with Crippen LogP contribution in [0.5, 0.6) is 0 Å². The Hall–Kier alpha value is -2.34. The Kier molecular flexibility index (Phi) is 7.64. The summed E-state index contributed by atoms with van der Waals surface area (Å²) in [4.78, 5) is 23.7. The summed E-state index contributed by atoms with van der Waals surface area (Å²) in [5.41, 5.74) is 0.560. The van der Waals surface area contributed by atoms with Crippen molar-refractivity contribution in [3.63, 3.8) is 0 Å². The van der Waals surface area contributed by atoms with E-state index in [1.165, 1.54) is 7.05 Å². The van der Waals surface area contributed by atoms with Crippen molar-refractivity contribution in [2.75, 3.05) is 7.05 Å². The van der Waals surface area contributed by atoms with E-state index in [0.717, 1.165) is 5.56 Å². The molecule has 0 heterocycles. The molecule has 2 amide bonds. The number of ether oxygens (including phenoxy) is 1. The lowest BCUT2D eigenvalue weighted by molar-refractivity contribution is -0.117. The number of likely N-dealkylation sites (N-methyl/N-ethyl adjacent to an activating group) is 1. The summed E-state index contributed by atoms with van der Waals surface area (Å²) in [7, 11) is 1.50. The second-order valence-corrected chi connectivity index (χ2v) is 6.90. The van der Waals surface area contributed by atoms with Gasteiger partial charge in [0.15, 0.2) is 0 Å². The van der Waals surface area contributed by atoms with Crippen LogP contribution in [0.3, 0.4) is 0 Å². The molecule has 0 unspecified atom stereocenters. The van der Waals surface area contributed by atoms with E-state index in [1.54, 1.807) is 20.8 Å². The molecular formula is C19H28N2O4. The largest absolute Gasteiger partial charge is 0.444 e. The summed E-state index contributed by atoms with van der Waals surface area (Å²) in [5.74, 6) is -0.338. The summed E-state index contributed by atoms with van der Waals surface area (Å²) in [6, 6.07) is 8.86. The quantitative estimate of drug-likeness (QED) is 0.659. The van der Waals surface area contributed by atoms with E-state index in [4.69, 9.17) is 4.74 Å². The van der Waals surface area contributed by atoms with Crippen LogP contribution in [-0.2, 0) is 16.0 Å². The number of aliphatic hydroxyl groups excluding tert-OH is 1. The van der Waals surface area contributed by atoms with Crippen LogP contribution in [0, 0.1) is 0 Å². The average Bonchev–Trinajstić information content (AvgIpc) is 2.52. The Morgan fingerprint density at radius 2 is 1.84 bits per heavy atom. The van der Waals surface area contributed by atoms with Crippen molar-refractivity contribution in [3.8, 4) is 0 Å². The zero-order valence-electron chi connectivity index (χ0n) is 15.3. The van der Waals surface area contributed by atoms with Gasteiger partial charge in [-0.15, -0.1) is 0 Å². The number of aliphatic hydroxyl groups is 1. The van der Waals surface area contributed by atoms with Crippen molar-refractivity contribution in [2.45, 2.75) is 51.4 Å². The van der Waals surface area contributed by atoms with Crippen molar-refractivity contribution < 1.29 is 19.4 Å². The number of carbonyl (C=O) groups is 2. The molecule has 25 heavy (non-hydrogen) atoms. The molecule has 138 valence electrons. The van der Waals surface area contributed by atoms with Gasteiger partial charge in [0, 0.05) is 19.0 Å². The van der Waals surface area contributed by atoms with Crippen LogP contribution in [-0.4, -0.2) is 41.9 Å². The second kappa shape index (κ2) is 9.22. The molecule has 0 saturated carbocycles. The van der Waals surface area contributed by atoms with Crippen LogP contribution in [0.25, 0.3) is 0 Å². The molecule has 1 aromatic rings. The van der Waals surface area contributed by atoms with Crippen molar-refractivity contribution in [1.29, 1.82) is 0 Å². The van der Waals surface area contributed by atoms with Crippen molar-refractivity contribution in [2.24, 2.45) is 0 Å². The Labute approximate surface area is 149 Å². The van der Waals surface area contributed by atoms with Crippen LogP contribution in [0.15, 0.2) is 42.5 Å². The van der Waals surface area contributed by atoms with Crippen LogP contribution in [0.4, 0.5) is 4.79 Å². The molecule has 0 radical (unpaired) electrons. The van der Waals surface area contributed by atoms with E-state index in [2.05, 4.69) is 17.2 Å². The minimum Gasteiger partial charge on any atom is -0.444 e. The molecule has 0 bridgehead atoms. The summed E-state index contributed by atoms with van der Waals surface area (Å²) in [6.07, 6.45) is -1.13. The van der Waals surface area contributed by atoms with Gasteiger partial charge in [-0.1, -0.05) is 36.9 Å². The number of benzene rings is 1. The molecule has 0 saturated heterocycles. The predicted octanol–water partition coefficient (Wildman–Crippen LogP) is 2.18. The molecular weight excluding hydrogens is 320 g/mol. The number of hydrogen-bond donors (Lipinski definition) is 3. The lowest BCUT2D eigenvalue weighted by Crippen LogP contribution is -2.47. The van der Waals surface area contributed by atoms with Crippen molar-refractivity contribution in [3.05, 3.63) is 48.0 Å². The third-order valence-corrected chi connectivity index (χ3v) is 3.47. The van der Waals surface area contributed by atoms with Crippen LogP contribution in [0.2, 0.25) is 0 Å². The normalized spacial score (nSPS) is 13.5. The number of nitrogens with one attached hydrogen (secondary N) is 2. The van der Waals surface area contributed by atoms with E-state index in [-0.39, 0.29) is 17.9 Å². The molecule has 3 N–H and O–H groups in total. The predicted molar refractivity (Wildman–Crippen MR) is 97.1 cm³/mol. The lowest BCUT2D eigenvalue weighted by atomic mass is 9.96. The third kappa shape index (κ3) is 7.85. The number of carbonyl (C=O) groups excluding carboxylic acids is 2. The van der Waals surface area contributed by atoms with Crippen molar-refractivity contribution >= 4 is 12.0 Å². The maximum absolute atomic E-state index is 12.1. The maximum atomic E-state index is 12.1. The Balaban J connectivity index is 2.84. The smallest absolute Gasteiger partial charge is 0.407 e. The monoisotopic (exact) mass is 348 g/mol. The highest BCUT2D eigenvalue weighted by molar-refractivity contribution is 5.92. The SMILES string of the molecule is C=C(C[C@H](O)[C@H](Cc1ccccc1)NC(=O)OC(C)(C)C)C(=O)NC. The van der Waals surface area contributed by atoms with Gasteiger partial charge in [-0.2, -0.15) is 0 Å². The second-order valence-electron chi connectivity index (χ2n) is 6.90. The van der Waals surface area contributed by atoms with Gasteiger partial charge in [-0.05, 0) is 32.8 Å². The standard InChI is InChI=1S/C19H28N2O4/c1-13(17(23)20-5)11-16(22)15(12-14-9-7-6-8-10-14)21-18(24)25-19(2,3)4/h6-10,15-16,22H,1,11-12H2,2-5H3,(H,20,23)(H,21,24)/t15-,16-/m0/s1. The highest BCUT2D eigenvalue weighted by atomic mass is 16.6. The first-order chi connectivity index (χ1) is 11.6. The van der Waals surface area contributed by atoms with Gasteiger partial charge < -0.3 is 20.5 Å². The molecule has 6 nitrogen and oxygen atoms in total. The van der Waals surface area contributed by atoms with E-state index >= 15 is 0 Å². The molecule has 0 aliphatic carbocycles. The fraction of sp³-hybridized carbons (Fsp3) is 0.474. The van der Waals surface area contributed by atoms with Gasteiger partial charge >= 0.3 is 6.09 Å². The number of hydrogen-bond acceptors (Lipinski definition) is 4. The minimum absolute atomic E-state index is 0.0486. The zero-order valence-corrected chi connectivity index (χ0v) is 15.3. The van der Waals surface area contributed by atoms with E-state index in [1.807, 2.05) is 30.3 Å². The minimum atomic E-state index is -0.975. The Bertz CT molecular complexity index is 593. The average molecular weight is 348 g/mol.